The van der Waals surface area contributed by atoms with E-state index < -0.39 is 17.5 Å². The molecule has 1 aromatic carbocycles. The molecule has 0 aliphatic rings. The van der Waals surface area contributed by atoms with Crippen LogP contribution in [0.5, 0.6) is 0 Å². The first kappa shape index (κ1) is 15.6. The SMILES string of the molecule is CC(c1cc(Cl)c(Cl)c(C(C)(F)F)c1)C(C)(C)F. The van der Waals surface area contributed by atoms with Gasteiger partial charge in [0.1, 0.15) is 5.67 Å². The molecule has 0 saturated heterocycles. The molecule has 0 radical (unpaired) electrons. The van der Waals surface area contributed by atoms with E-state index in [0.29, 0.717) is 5.56 Å². The van der Waals surface area contributed by atoms with Gasteiger partial charge in [-0.15, -0.1) is 0 Å². The van der Waals surface area contributed by atoms with Crippen molar-refractivity contribution in [2.75, 3.05) is 0 Å². The first-order valence-corrected chi connectivity index (χ1v) is 6.26. The van der Waals surface area contributed by atoms with Crippen molar-refractivity contribution >= 4 is 23.2 Å². The summed E-state index contributed by atoms with van der Waals surface area (Å²) in [5, 5.41) is -0.168. The molecule has 102 valence electrons. The maximum absolute atomic E-state index is 13.9. The van der Waals surface area contributed by atoms with E-state index in [1.807, 2.05) is 0 Å². The maximum Gasteiger partial charge on any atom is 0.272 e. The Bertz CT molecular complexity index is 445. The second kappa shape index (κ2) is 4.93. The number of halogens is 5. The molecule has 0 fully saturated rings. The van der Waals surface area contributed by atoms with Crippen molar-refractivity contribution in [2.45, 2.75) is 45.2 Å². The van der Waals surface area contributed by atoms with Crippen molar-refractivity contribution in [1.82, 2.24) is 0 Å². The Hall–Kier alpha value is -0.410. The van der Waals surface area contributed by atoms with Crippen LogP contribution in [-0.2, 0) is 5.92 Å². The average Bonchev–Trinajstić information content (AvgIpc) is 2.17. The van der Waals surface area contributed by atoms with Gasteiger partial charge in [0.2, 0.25) is 0 Å². The minimum atomic E-state index is -3.11. The summed E-state index contributed by atoms with van der Waals surface area (Å²) in [5.41, 5.74) is -1.49. The van der Waals surface area contributed by atoms with E-state index in [1.165, 1.54) is 26.0 Å². The highest BCUT2D eigenvalue weighted by molar-refractivity contribution is 6.42. The third-order valence-electron chi connectivity index (χ3n) is 3.05. The number of hydrogen-bond acceptors (Lipinski definition) is 0. The fourth-order valence-electron chi connectivity index (χ4n) is 1.58. The summed E-state index contributed by atoms with van der Waals surface area (Å²) in [6.07, 6.45) is 0. The van der Waals surface area contributed by atoms with Gasteiger partial charge in [0.05, 0.1) is 10.0 Å². The van der Waals surface area contributed by atoms with Crippen LogP contribution in [0.4, 0.5) is 13.2 Å². The standard InChI is InChI=1S/C13H15Cl2F3/c1-7(12(2,3)16)8-5-9(13(4,17)18)11(15)10(14)6-8/h5-7H,1-4H3. The predicted molar refractivity (Wildman–Crippen MR) is 69.6 cm³/mol. The summed E-state index contributed by atoms with van der Waals surface area (Å²) in [5.74, 6) is -3.68. The van der Waals surface area contributed by atoms with Gasteiger partial charge in [0.15, 0.2) is 0 Å². The third-order valence-corrected chi connectivity index (χ3v) is 3.86. The highest BCUT2D eigenvalue weighted by Gasteiger charge is 2.32. The summed E-state index contributed by atoms with van der Waals surface area (Å²) in [6.45, 7) is 5.14. The second-order valence-electron chi connectivity index (χ2n) is 5.04. The molecular formula is C13H15Cl2F3. The first-order valence-electron chi connectivity index (χ1n) is 5.50. The van der Waals surface area contributed by atoms with Crippen LogP contribution in [0, 0.1) is 0 Å². The van der Waals surface area contributed by atoms with E-state index in [4.69, 9.17) is 23.2 Å². The van der Waals surface area contributed by atoms with Crippen LogP contribution < -0.4 is 0 Å². The Balaban J connectivity index is 3.38. The molecule has 1 aromatic rings. The van der Waals surface area contributed by atoms with E-state index in [1.54, 1.807) is 6.92 Å². The summed E-state index contributed by atoms with van der Waals surface area (Å²) in [4.78, 5) is 0. The zero-order chi connectivity index (χ0) is 14.3. The quantitative estimate of drug-likeness (QED) is 0.646. The second-order valence-corrected chi connectivity index (χ2v) is 5.82. The van der Waals surface area contributed by atoms with Gasteiger partial charge in [-0.2, -0.15) is 0 Å². The molecule has 0 heterocycles. The smallest absolute Gasteiger partial charge is 0.244 e. The van der Waals surface area contributed by atoms with Crippen LogP contribution in [0.3, 0.4) is 0 Å². The summed E-state index contributed by atoms with van der Waals surface area (Å²) in [7, 11) is 0. The minimum absolute atomic E-state index is 0.0155. The van der Waals surface area contributed by atoms with Crippen LogP contribution in [0.2, 0.25) is 10.0 Å². The molecule has 0 aliphatic carbocycles. The molecule has 0 amide bonds. The normalized spacial score (nSPS) is 14.7. The van der Waals surface area contributed by atoms with Crippen molar-refractivity contribution < 1.29 is 13.2 Å². The number of benzene rings is 1. The van der Waals surface area contributed by atoms with E-state index in [0.717, 1.165) is 6.92 Å². The number of hydrogen-bond donors (Lipinski definition) is 0. The Morgan fingerprint density at radius 1 is 1.06 bits per heavy atom. The fraction of sp³-hybridized carbons (Fsp3) is 0.538. The van der Waals surface area contributed by atoms with Gasteiger partial charge < -0.3 is 0 Å². The van der Waals surface area contributed by atoms with E-state index >= 15 is 0 Å². The topological polar surface area (TPSA) is 0 Å². The van der Waals surface area contributed by atoms with Gasteiger partial charge in [-0.05, 0) is 31.5 Å². The molecule has 1 rings (SSSR count). The molecule has 1 unspecified atom stereocenters. The van der Waals surface area contributed by atoms with Gasteiger partial charge in [0.25, 0.3) is 5.92 Å². The van der Waals surface area contributed by atoms with Crippen molar-refractivity contribution in [3.05, 3.63) is 33.3 Å². The molecule has 0 aromatic heterocycles. The Kier molecular flexibility index (Phi) is 4.29. The van der Waals surface area contributed by atoms with Gasteiger partial charge in [-0.3, -0.25) is 0 Å². The lowest BCUT2D eigenvalue weighted by Gasteiger charge is -2.25. The molecule has 0 aliphatic heterocycles. The van der Waals surface area contributed by atoms with Gasteiger partial charge in [0, 0.05) is 18.4 Å². The van der Waals surface area contributed by atoms with Crippen LogP contribution in [0.25, 0.3) is 0 Å². The van der Waals surface area contributed by atoms with Crippen molar-refractivity contribution in [3.8, 4) is 0 Å². The zero-order valence-electron chi connectivity index (χ0n) is 10.6. The van der Waals surface area contributed by atoms with Gasteiger partial charge in [-0.25, -0.2) is 13.2 Å². The maximum atomic E-state index is 13.9. The molecule has 5 heteroatoms. The Labute approximate surface area is 115 Å². The van der Waals surface area contributed by atoms with Crippen LogP contribution in [0.1, 0.15) is 44.7 Å². The lowest BCUT2D eigenvalue weighted by Crippen LogP contribution is -2.22. The Morgan fingerprint density at radius 3 is 1.94 bits per heavy atom. The predicted octanol–water partition coefficient (Wildman–Crippen LogP) is 5.96. The van der Waals surface area contributed by atoms with E-state index in [-0.39, 0.29) is 15.6 Å². The largest absolute Gasteiger partial charge is 0.272 e. The van der Waals surface area contributed by atoms with Gasteiger partial charge in [-0.1, -0.05) is 30.1 Å². The number of rotatable bonds is 3. The third kappa shape index (κ3) is 3.33. The van der Waals surface area contributed by atoms with Gasteiger partial charge >= 0.3 is 0 Å². The molecule has 0 N–H and O–H groups in total. The fourth-order valence-corrected chi connectivity index (χ4v) is 2.08. The first-order chi connectivity index (χ1) is 7.94. The molecular weight excluding hydrogens is 284 g/mol. The van der Waals surface area contributed by atoms with E-state index in [9.17, 15) is 13.2 Å². The highest BCUT2D eigenvalue weighted by atomic mass is 35.5. The van der Waals surface area contributed by atoms with Crippen molar-refractivity contribution in [1.29, 1.82) is 0 Å². The summed E-state index contributed by atoms with van der Waals surface area (Å²) >= 11 is 11.6. The summed E-state index contributed by atoms with van der Waals surface area (Å²) in [6, 6.07) is 2.66. The Morgan fingerprint density at radius 2 is 1.56 bits per heavy atom. The molecule has 0 spiro atoms. The van der Waals surface area contributed by atoms with E-state index in [2.05, 4.69) is 0 Å². The monoisotopic (exact) mass is 298 g/mol. The molecule has 0 bridgehead atoms. The molecule has 1 atom stereocenters. The number of alkyl halides is 3. The lowest BCUT2D eigenvalue weighted by atomic mass is 9.86. The average molecular weight is 299 g/mol. The van der Waals surface area contributed by atoms with Crippen LogP contribution in [0.15, 0.2) is 12.1 Å². The van der Waals surface area contributed by atoms with Crippen LogP contribution in [-0.4, -0.2) is 5.67 Å². The van der Waals surface area contributed by atoms with Crippen molar-refractivity contribution in [2.24, 2.45) is 0 Å². The molecule has 0 nitrogen and oxygen atoms in total. The van der Waals surface area contributed by atoms with Crippen LogP contribution >= 0.6 is 23.2 Å². The lowest BCUT2D eigenvalue weighted by molar-refractivity contribution is 0.0174. The van der Waals surface area contributed by atoms with Crippen molar-refractivity contribution in [3.63, 3.8) is 0 Å². The zero-order valence-corrected chi connectivity index (χ0v) is 12.1. The highest BCUT2D eigenvalue weighted by Crippen LogP contribution is 2.41. The minimum Gasteiger partial charge on any atom is -0.244 e. The molecule has 0 saturated carbocycles. The summed E-state index contributed by atoms with van der Waals surface area (Å²) < 4.78 is 40.7. The molecule has 18 heavy (non-hydrogen) atoms.